The van der Waals surface area contributed by atoms with Gasteiger partial charge in [-0.25, -0.2) is 0 Å². The van der Waals surface area contributed by atoms with E-state index in [4.69, 9.17) is 21.1 Å². The van der Waals surface area contributed by atoms with E-state index >= 15 is 0 Å². The summed E-state index contributed by atoms with van der Waals surface area (Å²) in [5.41, 5.74) is 2.28. The van der Waals surface area contributed by atoms with Gasteiger partial charge >= 0.3 is 0 Å². The number of ketones is 1. The molecule has 3 aromatic carbocycles. The number of hydrogen-bond donors (Lipinski definition) is 1. The highest BCUT2D eigenvalue weighted by atomic mass is 35.5. The van der Waals surface area contributed by atoms with E-state index in [1.807, 2.05) is 32.0 Å². The van der Waals surface area contributed by atoms with Crippen LogP contribution in [0.3, 0.4) is 0 Å². The average Bonchev–Trinajstić information content (AvgIpc) is 3.10. The van der Waals surface area contributed by atoms with Crippen molar-refractivity contribution in [1.29, 1.82) is 0 Å². The number of carbonyl (C=O) groups is 2. The lowest BCUT2D eigenvalue weighted by atomic mass is 9.95. The highest BCUT2D eigenvalue weighted by molar-refractivity contribution is 6.52. The SMILES string of the molecule is CCOc1ccc(C2/C(=C(\O)c3cc(OC)ccc3Cl)C(=O)C(=O)N2c2cccc(C)c2)cc1. The summed E-state index contributed by atoms with van der Waals surface area (Å²) in [5, 5.41) is 11.5. The maximum Gasteiger partial charge on any atom is 0.300 e. The Hall–Kier alpha value is -3.77. The summed E-state index contributed by atoms with van der Waals surface area (Å²) in [4.78, 5) is 28.0. The van der Waals surface area contributed by atoms with E-state index in [1.54, 1.807) is 42.5 Å². The number of hydrogen-bond acceptors (Lipinski definition) is 5. The zero-order chi connectivity index (χ0) is 24.4. The van der Waals surface area contributed by atoms with Crippen molar-refractivity contribution in [2.24, 2.45) is 0 Å². The monoisotopic (exact) mass is 477 g/mol. The predicted molar refractivity (Wildman–Crippen MR) is 132 cm³/mol. The van der Waals surface area contributed by atoms with Gasteiger partial charge < -0.3 is 14.6 Å². The van der Waals surface area contributed by atoms with Crippen LogP contribution < -0.4 is 14.4 Å². The van der Waals surface area contributed by atoms with Gasteiger partial charge in [-0.05, 0) is 67.4 Å². The second-order valence-corrected chi connectivity index (χ2v) is 8.26. The number of aliphatic hydroxyl groups is 1. The number of benzene rings is 3. The highest BCUT2D eigenvalue weighted by Crippen LogP contribution is 2.43. The molecule has 0 bridgehead atoms. The summed E-state index contributed by atoms with van der Waals surface area (Å²) in [6, 6.07) is 18.3. The summed E-state index contributed by atoms with van der Waals surface area (Å²) >= 11 is 6.36. The molecule has 174 valence electrons. The molecule has 0 radical (unpaired) electrons. The summed E-state index contributed by atoms with van der Waals surface area (Å²) in [6.45, 7) is 4.30. The van der Waals surface area contributed by atoms with Gasteiger partial charge in [0.25, 0.3) is 11.7 Å². The Labute approximate surface area is 203 Å². The maximum atomic E-state index is 13.3. The van der Waals surface area contributed by atoms with Crippen LogP contribution in [0, 0.1) is 6.92 Å². The zero-order valence-corrected chi connectivity index (χ0v) is 19.8. The number of aryl methyl sites for hydroxylation is 1. The molecule has 0 saturated carbocycles. The van der Waals surface area contributed by atoms with Crippen molar-refractivity contribution in [2.45, 2.75) is 19.9 Å². The van der Waals surface area contributed by atoms with Crippen LogP contribution in [-0.4, -0.2) is 30.5 Å². The second kappa shape index (κ2) is 9.61. The smallest absolute Gasteiger partial charge is 0.300 e. The number of anilines is 1. The van der Waals surface area contributed by atoms with Gasteiger partial charge in [-0.2, -0.15) is 0 Å². The van der Waals surface area contributed by atoms with Crippen molar-refractivity contribution in [3.05, 3.63) is 94.0 Å². The molecule has 0 aromatic heterocycles. The van der Waals surface area contributed by atoms with E-state index in [0.717, 1.165) is 5.56 Å². The molecule has 1 fully saturated rings. The number of halogens is 1. The first-order chi connectivity index (χ1) is 16.3. The number of carbonyl (C=O) groups excluding carboxylic acids is 2. The minimum absolute atomic E-state index is 0.0502. The number of methoxy groups -OCH3 is 1. The average molecular weight is 478 g/mol. The molecule has 3 aromatic rings. The summed E-state index contributed by atoms with van der Waals surface area (Å²) in [6.07, 6.45) is 0. The van der Waals surface area contributed by atoms with E-state index in [-0.39, 0.29) is 21.9 Å². The van der Waals surface area contributed by atoms with Gasteiger partial charge in [-0.15, -0.1) is 0 Å². The quantitative estimate of drug-likeness (QED) is 0.281. The van der Waals surface area contributed by atoms with E-state index in [1.165, 1.54) is 18.1 Å². The van der Waals surface area contributed by atoms with E-state index in [2.05, 4.69) is 0 Å². The normalized spacial score (nSPS) is 17.2. The lowest BCUT2D eigenvalue weighted by Gasteiger charge is -2.26. The van der Waals surface area contributed by atoms with Gasteiger partial charge in [0.1, 0.15) is 17.3 Å². The lowest BCUT2D eigenvalue weighted by molar-refractivity contribution is -0.132. The van der Waals surface area contributed by atoms with Crippen LogP contribution in [0.4, 0.5) is 5.69 Å². The van der Waals surface area contributed by atoms with Crippen molar-refractivity contribution in [1.82, 2.24) is 0 Å². The molecular weight excluding hydrogens is 454 g/mol. The number of aliphatic hydroxyl groups excluding tert-OH is 1. The molecule has 6 nitrogen and oxygen atoms in total. The first-order valence-electron chi connectivity index (χ1n) is 10.8. The van der Waals surface area contributed by atoms with Crippen LogP contribution in [0.2, 0.25) is 5.02 Å². The lowest BCUT2D eigenvalue weighted by Crippen LogP contribution is -2.29. The molecule has 1 aliphatic heterocycles. The maximum absolute atomic E-state index is 13.3. The Morgan fingerprint density at radius 3 is 2.38 bits per heavy atom. The number of rotatable bonds is 6. The Morgan fingerprint density at radius 1 is 1.03 bits per heavy atom. The Kier molecular flexibility index (Phi) is 6.61. The van der Waals surface area contributed by atoms with E-state index in [0.29, 0.717) is 29.4 Å². The minimum Gasteiger partial charge on any atom is -0.507 e. The fourth-order valence-electron chi connectivity index (χ4n) is 4.06. The third-order valence-electron chi connectivity index (χ3n) is 5.66. The predicted octanol–water partition coefficient (Wildman–Crippen LogP) is 5.68. The van der Waals surface area contributed by atoms with Crippen LogP contribution >= 0.6 is 11.6 Å². The molecule has 1 amide bonds. The Morgan fingerprint density at radius 2 is 1.74 bits per heavy atom. The van der Waals surface area contributed by atoms with Gasteiger partial charge in [0.15, 0.2) is 0 Å². The van der Waals surface area contributed by atoms with Crippen LogP contribution in [0.5, 0.6) is 11.5 Å². The van der Waals surface area contributed by atoms with Crippen molar-refractivity contribution in [3.8, 4) is 11.5 Å². The van der Waals surface area contributed by atoms with Gasteiger partial charge in [0, 0.05) is 11.3 Å². The highest BCUT2D eigenvalue weighted by Gasteiger charge is 2.47. The molecule has 1 N–H and O–H groups in total. The molecule has 1 heterocycles. The topological polar surface area (TPSA) is 76.1 Å². The van der Waals surface area contributed by atoms with Gasteiger partial charge in [-0.3, -0.25) is 14.5 Å². The van der Waals surface area contributed by atoms with Crippen LogP contribution in [0.25, 0.3) is 5.76 Å². The van der Waals surface area contributed by atoms with Gasteiger partial charge in [0.05, 0.1) is 30.4 Å². The summed E-state index contributed by atoms with van der Waals surface area (Å²) in [5.74, 6) is -0.774. The zero-order valence-electron chi connectivity index (χ0n) is 19.0. The van der Waals surface area contributed by atoms with Crippen LogP contribution in [-0.2, 0) is 9.59 Å². The van der Waals surface area contributed by atoms with Crippen molar-refractivity contribution in [2.75, 3.05) is 18.6 Å². The fourth-order valence-corrected chi connectivity index (χ4v) is 4.27. The number of amides is 1. The van der Waals surface area contributed by atoms with Crippen LogP contribution in [0.15, 0.2) is 72.3 Å². The largest absolute Gasteiger partial charge is 0.507 e. The van der Waals surface area contributed by atoms with E-state index < -0.39 is 17.7 Å². The first kappa shape index (κ1) is 23.4. The molecule has 1 saturated heterocycles. The Bertz CT molecular complexity index is 1280. The molecule has 1 atom stereocenters. The van der Waals surface area contributed by atoms with Crippen LogP contribution in [0.1, 0.15) is 29.7 Å². The number of nitrogens with zero attached hydrogens (tertiary/aromatic N) is 1. The number of Topliss-reactive ketones (excluding diaryl/α,β-unsaturated/α-hetero) is 1. The molecule has 0 spiro atoms. The molecule has 7 heteroatoms. The molecule has 34 heavy (non-hydrogen) atoms. The molecule has 1 aliphatic rings. The number of ether oxygens (including phenoxy) is 2. The van der Waals surface area contributed by atoms with Crippen molar-refractivity contribution >= 4 is 34.7 Å². The van der Waals surface area contributed by atoms with Gasteiger partial charge in [-0.1, -0.05) is 35.9 Å². The molecule has 4 rings (SSSR count). The second-order valence-electron chi connectivity index (χ2n) is 7.86. The third kappa shape index (κ3) is 4.24. The first-order valence-corrected chi connectivity index (χ1v) is 11.2. The standard InChI is InChI=1S/C27H24ClNO5/c1-4-34-19-10-8-17(9-11-19)24-23(25(30)21-15-20(33-3)12-13-22(21)28)26(31)27(32)29(24)18-7-5-6-16(2)14-18/h5-15,24,30H,4H2,1-3H3/b25-23+. The third-order valence-corrected chi connectivity index (χ3v) is 5.99. The van der Waals surface area contributed by atoms with Gasteiger partial charge in [0.2, 0.25) is 0 Å². The molecule has 1 unspecified atom stereocenters. The molecular formula is C27H24ClNO5. The molecule has 0 aliphatic carbocycles. The summed E-state index contributed by atoms with van der Waals surface area (Å²) in [7, 11) is 1.49. The summed E-state index contributed by atoms with van der Waals surface area (Å²) < 4.78 is 10.8. The fraction of sp³-hybridized carbons (Fsp3) is 0.185. The Balaban J connectivity index is 1.94. The minimum atomic E-state index is -0.861. The van der Waals surface area contributed by atoms with Crippen molar-refractivity contribution in [3.63, 3.8) is 0 Å². The van der Waals surface area contributed by atoms with Crippen molar-refractivity contribution < 1.29 is 24.2 Å². The van der Waals surface area contributed by atoms with E-state index in [9.17, 15) is 14.7 Å².